The number of halogens is 1. The molecule has 0 saturated carbocycles. The van der Waals surface area contributed by atoms with E-state index >= 15 is 0 Å². The molecular formula is C15H19BrN2O3. The minimum atomic E-state index is -0.456. The monoisotopic (exact) mass is 354 g/mol. The molecular weight excluding hydrogens is 336 g/mol. The standard InChI is InChI=1S/C15H19BrN2O3/c1-11-6-7-13(18(20)21)10-14(11)15(19)17-9-3-5-12(17)4-2-8-16/h6-7,10,12H,2-5,8-9H2,1H3. The lowest BCUT2D eigenvalue weighted by Crippen LogP contribution is -2.36. The van der Waals surface area contributed by atoms with Crippen molar-refractivity contribution in [1.82, 2.24) is 4.90 Å². The summed E-state index contributed by atoms with van der Waals surface area (Å²) in [7, 11) is 0. The number of nitro benzene ring substituents is 1. The first-order valence-corrected chi connectivity index (χ1v) is 8.28. The van der Waals surface area contributed by atoms with Crippen LogP contribution in [0.25, 0.3) is 0 Å². The second-order valence-electron chi connectivity index (χ2n) is 5.38. The number of benzene rings is 1. The molecule has 114 valence electrons. The highest BCUT2D eigenvalue weighted by molar-refractivity contribution is 9.09. The number of carbonyl (C=O) groups is 1. The summed E-state index contributed by atoms with van der Waals surface area (Å²) in [5, 5.41) is 11.8. The van der Waals surface area contributed by atoms with Crippen LogP contribution in [0, 0.1) is 17.0 Å². The summed E-state index contributed by atoms with van der Waals surface area (Å²) in [4.78, 5) is 25.0. The summed E-state index contributed by atoms with van der Waals surface area (Å²) >= 11 is 3.42. The molecule has 0 N–H and O–H groups in total. The maximum atomic E-state index is 12.7. The van der Waals surface area contributed by atoms with Crippen molar-refractivity contribution in [3.05, 3.63) is 39.4 Å². The van der Waals surface area contributed by atoms with Gasteiger partial charge in [-0.3, -0.25) is 14.9 Å². The first-order chi connectivity index (χ1) is 10.0. The lowest BCUT2D eigenvalue weighted by Gasteiger charge is -2.25. The van der Waals surface area contributed by atoms with Gasteiger partial charge in [0.25, 0.3) is 11.6 Å². The van der Waals surface area contributed by atoms with Gasteiger partial charge in [0.2, 0.25) is 0 Å². The van der Waals surface area contributed by atoms with Crippen LogP contribution < -0.4 is 0 Å². The third kappa shape index (κ3) is 3.61. The van der Waals surface area contributed by atoms with Crippen molar-refractivity contribution >= 4 is 27.5 Å². The molecule has 1 aliphatic heterocycles. The van der Waals surface area contributed by atoms with Crippen LogP contribution in [0.1, 0.15) is 41.6 Å². The number of carbonyl (C=O) groups excluding carboxylic acids is 1. The Bertz CT molecular complexity index is 548. The molecule has 1 aromatic rings. The van der Waals surface area contributed by atoms with Crippen LogP contribution >= 0.6 is 15.9 Å². The highest BCUT2D eigenvalue weighted by Gasteiger charge is 2.30. The van der Waals surface area contributed by atoms with E-state index in [1.165, 1.54) is 12.1 Å². The topological polar surface area (TPSA) is 63.5 Å². The molecule has 0 radical (unpaired) electrons. The highest BCUT2D eigenvalue weighted by Crippen LogP contribution is 2.26. The summed E-state index contributed by atoms with van der Waals surface area (Å²) in [5.41, 5.74) is 1.21. The first-order valence-electron chi connectivity index (χ1n) is 7.16. The van der Waals surface area contributed by atoms with Crippen LogP contribution in [0.2, 0.25) is 0 Å². The zero-order chi connectivity index (χ0) is 15.4. The van der Waals surface area contributed by atoms with Crippen molar-refractivity contribution in [1.29, 1.82) is 0 Å². The second-order valence-corrected chi connectivity index (χ2v) is 6.18. The van der Waals surface area contributed by atoms with Crippen molar-refractivity contribution in [3.63, 3.8) is 0 Å². The Balaban J connectivity index is 2.22. The third-order valence-electron chi connectivity index (χ3n) is 3.97. The Morgan fingerprint density at radius 1 is 1.52 bits per heavy atom. The molecule has 1 amide bonds. The molecule has 2 rings (SSSR count). The summed E-state index contributed by atoms with van der Waals surface area (Å²) in [6.45, 7) is 2.56. The Hall–Kier alpha value is -1.43. The van der Waals surface area contributed by atoms with Gasteiger partial charge in [0.15, 0.2) is 0 Å². The number of alkyl halides is 1. The van der Waals surface area contributed by atoms with Crippen molar-refractivity contribution in [2.75, 3.05) is 11.9 Å². The summed E-state index contributed by atoms with van der Waals surface area (Å²) in [6.07, 6.45) is 4.03. The summed E-state index contributed by atoms with van der Waals surface area (Å²) in [6, 6.07) is 4.75. The minimum absolute atomic E-state index is 0.0276. The molecule has 0 bridgehead atoms. The van der Waals surface area contributed by atoms with Crippen molar-refractivity contribution < 1.29 is 9.72 Å². The normalized spacial score (nSPS) is 18.0. The van der Waals surface area contributed by atoms with Crippen LogP contribution in [0.3, 0.4) is 0 Å². The average molecular weight is 355 g/mol. The van der Waals surface area contributed by atoms with Gasteiger partial charge in [0.1, 0.15) is 0 Å². The zero-order valence-corrected chi connectivity index (χ0v) is 13.6. The lowest BCUT2D eigenvalue weighted by atomic mass is 10.0. The molecule has 1 heterocycles. The van der Waals surface area contributed by atoms with Crippen LogP contribution in [0.15, 0.2) is 18.2 Å². The number of likely N-dealkylation sites (tertiary alicyclic amines) is 1. The quantitative estimate of drug-likeness (QED) is 0.460. The van der Waals surface area contributed by atoms with E-state index in [1.807, 2.05) is 11.8 Å². The molecule has 0 aliphatic carbocycles. The molecule has 1 atom stereocenters. The summed E-state index contributed by atoms with van der Waals surface area (Å²) < 4.78 is 0. The molecule has 1 aliphatic rings. The molecule has 6 heteroatoms. The van der Waals surface area contributed by atoms with Crippen LogP contribution in [0.4, 0.5) is 5.69 Å². The third-order valence-corrected chi connectivity index (χ3v) is 4.53. The van der Waals surface area contributed by atoms with E-state index in [9.17, 15) is 14.9 Å². The maximum Gasteiger partial charge on any atom is 0.270 e. The highest BCUT2D eigenvalue weighted by atomic mass is 79.9. The fourth-order valence-corrected chi connectivity index (χ4v) is 3.15. The SMILES string of the molecule is Cc1ccc([N+](=O)[O-])cc1C(=O)N1CCCC1CCCBr. The molecule has 0 aromatic heterocycles. The van der Waals surface area contributed by atoms with Crippen LogP contribution in [-0.4, -0.2) is 33.6 Å². The number of hydrogen-bond acceptors (Lipinski definition) is 3. The van der Waals surface area contributed by atoms with Crippen LogP contribution in [0.5, 0.6) is 0 Å². The Morgan fingerprint density at radius 2 is 2.29 bits per heavy atom. The molecule has 1 fully saturated rings. The van der Waals surface area contributed by atoms with E-state index in [0.717, 1.165) is 43.1 Å². The van der Waals surface area contributed by atoms with Gasteiger partial charge >= 0.3 is 0 Å². The Kier molecular flexibility index (Phi) is 5.33. The number of nitrogens with zero attached hydrogens (tertiary/aromatic N) is 2. The largest absolute Gasteiger partial charge is 0.336 e. The Morgan fingerprint density at radius 3 is 2.95 bits per heavy atom. The van der Waals surface area contributed by atoms with E-state index in [1.54, 1.807) is 6.07 Å². The predicted molar refractivity (Wildman–Crippen MR) is 84.9 cm³/mol. The molecule has 0 spiro atoms. The number of aryl methyl sites for hydroxylation is 1. The van der Waals surface area contributed by atoms with Crippen molar-refractivity contribution in [3.8, 4) is 0 Å². The molecule has 1 saturated heterocycles. The molecule has 5 nitrogen and oxygen atoms in total. The van der Waals surface area contributed by atoms with Gasteiger partial charge in [0, 0.05) is 35.6 Å². The molecule has 21 heavy (non-hydrogen) atoms. The second kappa shape index (κ2) is 7.02. The minimum Gasteiger partial charge on any atom is -0.336 e. The van der Waals surface area contributed by atoms with Gasteiger partial charge in [-0.05, 0) is 38.2 Å². The average Bonchev–Trinajstić information content (AvgIpc) is 2.93. The number of non-ortho nitro benzene ring substituents is 1. The smallest absolute Gasteiger partial charge is 0.270 e. The van der Waals surface area contributed by atoms with Gasteiger partial charge in [0.05, 0.1) is 4.92 Å². The van der Waals surface area contributed by atoms with Gasteiger partial charge in [-0.1, -0.05) is 22.0 Å². The Labute approximate surface area is 132 Å². The zero-order valence-electron chi connectivity index (χ0n) is 12.0. The fraction of sp³-hybridized carbons (Fsp3) is 0.533. The lowest BCUT2D eigenvalue weighted by molar-refractivity contribution is -0.384. The summed E-state index contributed by atoms with van der Waals surface area (Å²) in [5.74, 6) is -0.0757. The van der Waals surface area contributed by atoms with Crippen molar-refractivity contribution in [2.24, 2.45) is 0 Å². The number of rotatable bonds is 5. The van der Waals surface area contributed by atoms with E-state index in [2.05, 4.69) is 15.9 Å². The number of hydrogen-bond donors (Lipinski definition) is 0. The number of amides is 1. The number of nitro groups is 1. The van der Waals surface area contributed by atoms with E-state index in [-0.39, 0.29) is 17.6 Å². The van der Waals surface area contributed by atoms with Crippen molar-refractivity contribution in [2.45, 2.75) is 38.6 Å². The van der Waals surface area contributed by atoms with E-state index in [4.69, 9.17) is 0 Å². The van der Waals surface area contributed by atoms with Gasteiger partial charge < -0.3 is 4.90 Å². The van der Waals surface area contributed by atoms with Gasteiger partial charge in [-0.25, -0.2) is 0 Å². The van der Waals surface area contributed by atoms with Gasteiger partial charge in [-0.15, -0.1) is 0 Å². The van der Waals surface area contributed by atoms with E-state index in [0.29, 0.717) is 5.56 Å². The fourth-order valence-electron chi connectivity index (χ4n) is 2.82. The predicted octanol–water partition coefficient (Wildman–Crippen LogP) is 3.68. The molecule has 1 aromatic carbocycles. The maximum absolute atomic E-state index is 12.7. The van der Waals surface area contributed by atoms with Crippen LogP contribution in [-0.2, 0) is 0 Å². The first kappa shape index (κ1) is 15.9. The molecule has 1 unspecified atom stereocenters. The van der Waals surface area contributed by atoms with E-state index < -0.39 is 4.92 Å². The van der Waals surface area contributed by atoms with Gasteiger partial charge in [-0.2, -0.15) is 0 Å².